The normalized spacial score (nSPS) is 17.8. The zero-order valence-electron chi connectivity index (χ0n) is 11.6. The average Bonchev–Trinajstić information content (AvgIpc) is 2.43. The molecule has 1 fully saturated rings. The Hall–Kier alpha value is -1.13. The number of halogens is 2. The molecular weight excluding hydrogens is 279 g/mol. The lowest BCUT2D eigenvalue weighted by Crippen LogP contribution is -2.45. The summed E-state index contributed by atoms with van der Waals surface area (Å²) in [7, 11) is 0. The highest BCUT2D eigenvalue weighted by Gasteiger charge is 2.38. The number of carbonyl (C=O) groups excluding carboxylic acids is 1. The predicted molar refractivity (Wildman–Crippen MR) is 79.5 cm³/mol. The van der Waals surface area contributed by atoms with Crippen molar-refractivity contribution in [2.24, 2.45) is 5.41 Å². The zero-order chi connectivity index (χ0) is 14.6. The van der Waals surface area contributed by atoms with Gasteiger partial charge in [-0.2, -0.15) is 0 Å². The molecule has 0 unspecified atom stereocenters. The van der Waals surface area contributed by atoms with Crippen molar-refractivity contribution in [3.63, 3.8) is 0 Å². The Morgan fingerprint density at radius 1 is 1.45 bits per heavy atom. The van der Waals surface area contributed by atoms with Crippen LogP contribution in [0.25, 0.3) is 0 Å². The number of benzene rings is 1. The van der Waals surface area contributed by atoms with Gasteiger partial charge in [0.15, 0.2) is 0 Å². The van der Waals surface area contributed by atoms with Gasteiger partial charge < -0.3 is 10.6 Å². The van der Waals surface area contributed by atoms with Crippen LogP contribution in [0.5, 0.6) is 0 Å². The van der Waals surface area contributed by atoms with E-state index in [0.29, 0.717) is 5.02 Å². The molecule has 0 saturated carbocycles. The Labute approximate surface area is 123 Å². The lowest BCUT2D eigenvalue weighted by molar-refractivity contribution is -0.127. The molecule has 0 aliphatic carbocycles. The number of amides is 1. The quantitative estimate of drug-likeness (QED) is 0.892. The standard InChI is InChI=1S/C15H20ClFN2O/c1-2-5-15(6-8-18-9-7-15)14(20)19-13-4-3-11(16)10-12(13)17/h3-4,10,18H,2,5-9H2,1H3,(H,19,20). The smallest absolute Gasteiger partial charge is 0.230 e. The summed E-state index contributed by atoms with van der Waals surface area (Å²) >= 11 is 5.72. The third-order valence-electron chi connectivity index (χ3n) is 3.95. The second kappa shape index (κ2) is 6.55. The Balaban J connectivity index is 2.15. The first-order valence-corrected chi connectivity index (χ1v) is 7.42. The number of anilines is 1. The third kappa shape index (κ3) is 3.30. The molecule has 1 aliphatic rings. The molecule has 0 atom stereocenters. The van der Waals surface area contributed by atoms with Crippen LogP contribution >= 0.6 is 11.6 Å². The van der Waals surface area contributed by atoms with Gasteiger partial charge in [-0.15, -0.1) is 0 Å². The average molecular weight is 299 g/mol. The molecule has 1 aliphatic heterocycles. The summed E-state index contributed by atoms with van der Waals surface area (Å²) in [4.78, 5) is 12.6. The first-order chi connectivity index (χ1) is 9.57. The topological polar surface area (TPSA) is 41.1 Å². The monoisotopic (exact) mass is 298 g/mol. The maximum absolute atomic E-state index is 13.8. The van der Waals surface area contributed by atoms with E-state index < -0.39 is 5.82 Å². The molecule has 0 spiro atoms. The third-order valence-corrected chi connectivity index (χ3v) is 4.19. The second-order valence-electron chi connectivity index (χ2n) is 5.36. The molecule has 1 aromatic rings. The number of hydrogen-bond acceptors (Lipinski definition) is 2. The molecule has 20 heavy (non-hydrogen) atoms. The van der Waals surface area contributed by atoms with Gasteiger partial charge in [-0.3, -0.25) is 4.79 Å². The van der Waals surface area contributed by atoms with Gasteiger partial charge in [-0.25, -0.2) is 4.39 Å². The molecule has 1 heterocycles. The van der Waals surface area contributed by atoms with E-state index in [9.17, 15) is 9.18 Å². The van der Waals surface area contributed by atoms with Gasteiger partial charge in [-0.05, 0) is 50.6 Å². The minimum atomic E-state index is -0.494. The molecule has 2 N–H and O–H groups in total. The Kier molecular flexibility index (Phi) is 5.00. The van der Waals surface area contributed by atoms with Crippen molar-refractivity contribution in [3.05, 3.63) is 29.0 Å². The van der Waals surface area contributed by atoms with Crippen molar-refractivity contribution >= 4 is 23.2 Å². The first kappa shape index (κ1) is 15.3. The van der Waals surface area contributed by atoms with Gasteiger partial charge >= 0.3 is 0 Å². The number of piperidine rings is 1. The lowest BCUT2D eigenvalue weighted by Gasteiger charge is -2.36. The highest BCUT2D eigenvalue weighted by molar-refractivity contribution is 6.30. The molecule has 110 valence electrons. The Bertz CT molecular complexity index is 481. The van der Waals surface area contributed by atoms with Gasteiger partial charge in [0.25, 0.3) is 0 Å². The van der Waals surface area contributed by atoms with Crippen LogP contribution in [0.4, 0.5) is 10.1 Å². The van der Waals surface area contributed by atoms with Crippen LogP contribution in [0, 0.1) is 11.2 Å². The van der Waals surface area contributed by atoms with E-state index in [1.165, 1.54) is 12.1 Å². The highest BCUT2D eigenvalue weighted by atomic mass is 35.5. The number of nitrogens with one attached hydrogen (secondary N) is 2. The van der Waals surface area contributed by atoms with Crippen molar-refractivity contribution in [2.45, 2.75) is 32.6 Å². The molecule has 0 aromatic heterocycles. The van der Waals surface area contributed by atoms with E-state index in [2.05, 4.69) is 17.6 Å². The van der Waals surface area contributed by atoms with Crippen LogP contribution in [0.2, 0.25) is 5.02 Å². The van der Waals surface area contributed by atoms with Crippen LogP contribution in [-0.4, -0.2) is 19.0 Å². The van der Waals surface area contributed by atoms with Gasteiger partial charge in [0.2, 0.25) is 5.91 Å². The SMILES string of the molecule is CCCC1(C(=O)Nc2ccc(Cl)cc2F)CCNCC1. The van der Waals surface area contributed by atoms with Crippen molar-refractivity contribution < 1.29 is 9.18 Å². The Morgan fingerprint density at radius 2 is 2.15 bits per heavy atom. The fourth-order valence-corrected chi connectivity index (χ4v) is 2.98. The van der Waals surface area contributed by atoms with Crippen molar-refractivity contribution in [3.8, 4) is 0 Å². The van der Waals surface area contributed by atoms with Crippen LogP contribution in [0.15, 0.2) is 18.2 Å². The van der Waals surface area contributed by atoms with E-state index in [0.717, 1.165) is 38.8 Å². The molecule has 3 nitrogen and oxygen atoms in total. The van der Waals surface area contributed by atoms with E-state index in [1.54, 1.807) is 6.07 Å². The van der Waals surface area contributed by atoms with Crippen LogP contribution in [0.3, 0.4) is 0 Å². The molecule has 2 rings (SSSR count). The summed E-state index contributed by atoms with van der Waals surface area (Å²) in [5.74, 6) is -0.575. The van der Waals surface area contributed by atoms with E-state index in [1.807, 2.05) is 0 Å². The number of carbonyl (C=O) groups is 1. The predicted octanol–water partition coefficient (Wildman–Crippen LogP) is 3.59. The molecular formula is C15H20ClFN2O. The summed E-state index contributed by atoms with van der Waals surface area (Å²) < 4.78 is 13.8. The van der Waals surface area contributed by atoms with Gasteiger partial charge in [0.1, 0.15) is 5.82 Å². The lowest BCUT2D eigenvalue weighted by atomic mass is 9.74. The molecule has 5 heteroatoms. The summed E-state index contributed by atoms with van der Waals surface area (Å²) in [6, 6.07) is 4.30. The zero-order valence-corrected chi connectivity index (χ0v) is 12.4. The molecule has 0 bridgehead atoms. The highest BCUT2D eigenvalue weighted by Crippen LogP contribution is 2.35. The maximum Gasteiger partial charge on any atom is 0.230 e. The van der Waals surface area contributed by atoms with E-state index in [4.69, 9.17) is 11.6 Å². The molecule has 1 amide bonds. The van der Waals surface area contributed by atoms with Crippen molar-refractivity contribution in [2.75, 3.05) is 18.4 Å². The van der Waals surface area contributed by atoms with Crippen LogP contribution < -0.4 is 10.6 Å². The largest absolute Gasteiger partial charge is 0.323 e. The van der Waals surface area contributed by atoms with Gasteiger partial charge in [0.05, 0.1) is 11.1 Å². The van der Waals surface area contributed by atoms with Crippen LogP contribution in [-0.2, 0) is 4.79 Å². The maximum atomic E-state index is 13.8. The minimum absolute atomic E-state index is 0.0814. The van der Waals surface area contributed by atoms with Crippen molar-refractivity contribution in [1.29, 1.82) is 0 Å². The first-order valence-electron chi connectivity index (χ1n) is 7.04. The summed E-state index contributed by atoms with van der Waals surface area (Å²) in [6.07, 6.45) is 3.36. The number of rotatable bonds is 4. The van der Waals surface area contributed by atoms with E-state index in [-0.39, 0.29) is 17.0 Å². The summed E-state index contributed by atoms with van der Waals surface area (Å²) in [6.45, 7) is 3.73. The number of hydrogen-bond donors (Lipinski definition) is 2. The second-order valence-corrected chi connectivity index (χ2v) is 5.80. The minimum Gasteiger partial charge on any atom is -0.323 e. The molecule has 1 aromatic carbocycles. The van der Waals surface area contributed by atoms with Gasteiger partial charge in [0, 0.05) is 5.02 Å². The molecule has 1 saturated heterocycles. The van der Waals surface area contributed by atoms with Crippen LogP contribution in [0.1, 0.15) is 32.6 Å². The van der Waals surface area contributed by atoms with Crippen molar-refractivity contribution in [1.82, 2.24) is 5.32 Å². The fraction of sp³-hybridized carbons (Fsp3) is 0.533. The Morgan fingerprint density at radius 3 is 2.75 bits per heavy atom. The van der Waals surface area contributed by atoms with E-state index >= 15 is 0 Å². The summed E-state index contributed by atoms with van der Waals surface area (Å²) in [5, 5.41) is 6.32. The fourth-order valence-electron chi connectivity index (χ4n) is 2.82. The molecule has 0 radical (unpaired) electrons. The van der Waals surface area contributed by atoms with Gasteiger partial charge in [-0.1, -0.05) is 24.9 Å². The summed E-state index contributed by atoms with van der Waals surface area (Å²) in [5.41, 5.74) is -0.181.